The van der Waals surface area contributed by atoms with Gasteiger partial charge in [0.25, 0.3) is 5.91 Å². The lowest BCUT2D eigenvalue weighted by atomic mass is 10.1. The monoisotopic (exact) mass is 446 g/mol. The van der Waals surface area contributed by atoms with Crippen LogP contribution in [0.4, 0.5) is 5.69 Å². The number of methoxy groups -OCH3 is 2. The maximum absolute atomic E-state index is 12.7. The zero-order valence-corrected chi connectivity index (χ0v) is 18.3. The van der Waals surface area contributed by atoms with Gasteiger partial charge in [0.1, 0.15) is 11.5 Å². The van der Waals surface area contributed by atoms with Crippen LogP contribution in [0, 0.1) is 0 Å². The number of fused-ring (bicyclic) bond motifs is 1. The molecule has 0 bridgehead atoms. The summed E-state index contributed by atoms with van der Waals surface area (Å²) in [5.41, 5.74) is 1.52. The minimum atomic E-state index is -3.16. The predicted molar refractivity (Wildman–Crippen MR) is 118 cm³/mol. The summed E-state index contributed by atoms with van der Waals surface area (Å²) in [5.74, 6) is 0.964. The third-order valence-corrected chi connectivity index (χ3v) is 8.34. The standard InChI is InChI=1S/C21H22N2O5S2/c1-27-15-8-9-18(28-2)16(11-15)23-17-12-30(25,26)13-19(17)29-21(23)22-20(24)10-14-6-4-3-5-7-14/h3-9,11,17,19H,10,12-13H2,1-2H3/t17-,19-/m0/s1. The number of sulfone groups is 1. The SMILES string of the molecule is COc1ccc(OC)c(N2C(=NC(=O)Cc3ccccc3)S[C@H]3CS(=O)(=O)C[C@@H]32)c1. The average molecular weight is 447 g/mol. The Bertz CT molecular complexity index is 1090. The topological polar surface area (TPSA) is 85.3 Å². The highest BCUT2D eigenvalue weighted by Gasteiger charge is 2.50. The molecule has 2 fully saturated rings. The number of hydrogen-bond donors (Lipinski definition) is 0. The molecule has 30 heavy (non-hydrogen) atoms. The Hall–Kier alpha value is -2.52. The van der Waals surface area contributed by atoms with Crippen LogP contribution in [0.3, 0.4) is 0 Å². The second-order valence-corrected chi connectivity index (χ2v) is 10.5. The minimum Gasteiger partial charge on any atom is -0.497 e. The fourth-order valence-corrected chi connectivity index (χ4v) is 7.67. The van der Waals surface area contributed by atoms with E-state index in [-0.39, 0.29) is 35.1 Å². The lowest BCUT2D eigenvalue weighted by molar-refractivity contribution is -0.117. The maximum atomic E-state index is 12.7. The van der Waals surface area contributed by atoms with E-state index in [4.69, 9.17) is 9.47 Å². The Morgan fingerprint density at radius 2 is 1.90 bits per heavy atom. The van der Waals surface area contributed by atoms with Gasteiger partial charge in [0, 0.05) is 11.3 Å². The van der Waals surface area contributed by atoms with Crippen molar-refractivity contribution in [3.05, 3.63) is 54.1 Å². The van der Waals surface area contributed by atoms with Crippen molar-refractivity contribution in [1.29, 1.82) is 0 Å². The van der Waals surface area contributed by atoms with Crippen LogP contribution in [0.15, 0.2) is 53.5 Å². The molecule has 7 nitrogen and oxygen atoms in total. The van der Waals surface area contributed by atoms with Crippen molar-refractivity contribution in [3.63, 3.8) is 0 Å². The first kappa shape index (κ1) is 20.7. The van der Waals surface area contributed by atoms with Gasteiger partial charge < -0.3 is 14.4 Å². The van der Waals surface area contributed by atoms with Gasteiger partial charge in [-0.3, -0.25) is 4.79 Å². The highest BCUT2D eigenvalue weighted by atomic mass is 32.2. The van der Waals surface area contributed by atoms with E-state index in [1.165, 1.54) is 11.8 Å². The molecular formula is C21H22N2O5S2. The van der Waals surface area contributed by atoms with Crippen molar-refractivity contribution in [3.8, 4) is 11.5 Å². The predicted octanol–water partition coefficient (Wildman–Crippen LogP) is 2.55. The fraction of sp³-hybridized carbons (Fsp3) is 0.333. The maximum Gasteiger partial charge on any atom is 0.252 e. The highest BCUT2D eigenvalue weighted by molar-refractivity contribution is 8.16. The van der Waals surface area contributed by atoms with Crippen LogP contribution in [0.1, 0.15) is 5.56 Å². The van der Waals surface area contributed by atoms with Gasteiger partial charge in [-0.15, -0.1) is 0 Å². The summed E-state index contributed by atoms with van der Waals surface area (Å²) >= 11 is 1.34. The molecule has 0 spiro atoms. The van der Waals surface area contributed by atoms with Crippen molar-refractivity contribution in [2.45, 2.75) is 17.7 Å². The number of thioether (sulfide) groups is 1. The van der Waals surface area contributed by atoms with Gasteiger partial charge in [-0.25, -0.2) is 8.42 Å². The fourth-order valence-electron chi connectivity index (χ4n) is 3.75. The third-order valence-electron chi connectivity index (χ3n) is 5.13. The molecule has 9 heteroatoms. The number of ether oxygens (including phenoxy) is 2. The molecule has 0 N–H and O–H groups in total. The van der Waals surface area contributed by atoms with E-state index in [1.807, 2.05) is 35.2 Å². The van der Waals surface area contributed by atoms with Crippen LogP contribution in [-0.4, -0.2) is 56.5 Å². The summed E-state index contributed by atoms with van der Waals surface area (Å²) in [7, 11) is -0.0452. The number of aliphatic imine (C=N–C) groups is 1. The highest BCUT2D eigenvalue weighted by Crippen LogP contribution is 2.45. The van der Waals surface area contributed by atoms with Gasteiger partial charge in [-0.1, -0.05) is 42.1 Å². The number of hydrogen-bond acceptors (Lipinski definition) is 6. The lowest BCUT2D eigenvalue weighted by Crippen LogP contribution is -2.38. The number of anilines is 1. The van der Waals surface area contributed by atoms with E-state index in [9.17, 15) is 13.2 Å². The van der Waals surface area contributed by atoms with Crippen molar-refractivity contribution in [2.24, 2.45) is 4.99 Å². The largest absolute Gasteiger partial charge is 0.497 e. The van der Waals surface area contributed by atoms with Gasteiger partial charge in [0.05, 0.1) is 43.9 Å². The quantitative estimate of drug-likeness (QED) is 0.698. The van der Waals surface area contributed by atoms with Crippen LogP contribution in [0.25, 0.3) is 0 Å². The molecule has 2 aliphatic heterocycles. The number of benzene rings is 2. The van der Waals surface area contributed by atoms with E-state index in [1.54, 1.807) is 32.4 Å². The number of nitrogens with zero attached hydrogens (tertiary/aromatic N) is 2. The molecule has 0 aromatic heterocycles. The number of amides is 1. The summed E-state index contributed by atoms with van der Waals surface area (Å²) in [6, 6.07) is 14.4. The van der Waals surface area contributed by atoms with Crippen molar-refractivity contribution >= 4 is 38.4 Å². The van der Waals surface area contributed by atoms with Crippen molar-refractivity contribution in [2.75, 3.05) is 30.6 Å². The van der Waals surface area contributed by atoms with Crippen LogP contribution in [0.5, 0.6) is 11.5 Å². The molecule has 2 aromatic carbocycles. The lowest BCUT2D eigenvalue weighted by Gasteiger charge is -2.26. The second-order valence-electron chi connectivity index (χ2n) is 7.16. The van der Waals surface area contributed by atoms with Crippen molar-refractivity contribution < 1.29 is 22.7 Å². The molecule has 0 radical (unpaired) electrons. The molecule has 0 aliphatic carbocycles. The van der Waals surface area contributed by atoms with Gasteiger partial charge in [0.2, 0.25) is 0 Å². The summed E-state index contributed by atoms with van der Waals surface area (Å²) in [6.45, 7) is 0. The van der Waals surface area contributed by atoms with E-state index in [0.717, 1.165) is 5.56 Å². The van der Waals surface area contributed by atoms with Gasteiger partial charge in [-0.2, -0.15) is 4.99 Å². The first-order valence-corrected chi connectivity index (χ1v) is 12.1. The van der Waals surface area contributed by atoms with Crippen LogP contribution < -0.4 is 14.4 Å². The molecule has 2 aliphatic rings. The van der Waals surface area contributed by atoms with Crippen LogP contribution >= 0.6 is 11.8 Å². The van der Waals surface area contributed by atoms with Gasteiger partial charge >= 0.3 is 0 Å². The number of carbonyl (C=O) groups excluding carboxylic acids is 1. The van der Waals surface area contributed by atoms with E-state index < -0.39 is 9.84 Å². The molecule has 2 saturated heterocycles. The number of carbonyl (C=O) groups is 1. The number of amidine groups is 1. The third kappa shape index (κ3) is 4.17. The molecule has 1 amide bonds. The minimum absolute atomic E-state index is 0.0108. The summed E-state index contributed by atoms with van der Waals surface area (Å²) < 4.78 is 35.4. The Labute approximate surface area is 180 Å². The smallest absolute Gasteiger partial charge is 0.252 e. The van der Waals surface area contributed by atoms with E-state index in [2.05, 4.69) is 4.99 Å². The molecule has 0 saturated carbocycles. The summed E-state index contributed by atoms with van der Waals surface area (Å²) in [6.07, 6.45) is 0.182. The molecule has 2 atom stereocenters. The van der Waals surface area contributed by atoms with Crippen LogP contribution in [0.2, 0.25) is 0 Å². The Morgan fingerprint density at radius 1 is 1.13 bits per heavy atom. The molecule has 2 aromatic rings. The molecule has 4 rings (SSSR count). The van der Waals surface area contributed by atoms with E-state index in [0.29, 0.717) is 22.4 Å². The molecular weight excluding hydrogens is 424 g/mol. The number of rotatable bonds is 5. The van der Waals surface area contributed by atoms with E-state index >= 15 is 0 Å². The second kappa shape index (κ2) is 8.31. The Balaban J connectivity index is 1.72. The summed E-state index contributed by atoms with van der Waals surface area (Å²) in [5, 5.41) is 0.307. The Morgan fingerprint density at radius 3 is 2.60 bits per heavy atom. The normalized spacial score (nSPS) is 23.4. The first-order chi connectivity index (χ1) is 14.4. The molecule has 158 valence electrons. The Kier molecular flexibility index (Phi) is 5.75. The average Bonchev–Trinajstić information content (AvgIpc) is 3.18. The first-order valence-electron chi connectivity index (χ1n) is 9.44. The zero-order chi connectivity index (χ0) is 21.3. The summed E-state index contributed by atoms with van der Waals surface area (Å²) in [4.78, 5) is 18.9. The van der Waals surface area contributed by atoms with Gasteiger partial charge in [0.15, 0.2) is 15.0 Å². The zero-order valence-electron chi connectivity index (χ0n) is 16.6. The molecule has 2 heterocycles. The van der Waals surface area contributed by atoms with Crippen LogP contribution in [-0.2, 0) is 21.1 Å². The van der Waals surface area contributed by atoms with Crippen molar-refractivity contribution in [1.82, 2.24) is 0 Å². The van der Waals surface area contributed by atoms with Gasteiger partial charge in [-0.05, 0) is 17.7 Å². The molecule has 0 unspecified atom stereocenters.